The molecule has 0 heterocycles. The van der Waals surface area contributed by atoms with Crippen molar-refractivity contribution in [1.82, 2.24) is 5.32 Å². The highest BCUT2D eigenvalue weighted by atomic mass is 19.1. The third-order valence-corrected chi connectivity index (χ3v) is 2.91. The highest BCUT2D eigenvalue weighted by Crippen LogP contribution is 2.28. The Morgan fingerprint density at radius 3 is 3.00 bits per heavy atom. The van der Waals surface area contributed by atoms with Gasteiger partial charge in [0, 0.05) is 19.8 Å². The zero-order valence-corrected chi connectivity index (χ0v) is 10.1. The summed E-state index contributed by atoms with van der Waals surface area (Å²) < 4.78 is 18.4. The minimum atomic E-state index is -0.169. The van der Waals surface area contributed by atoms with E-state index in [1.54, 1.807) is 12.1 Å². The van der Waals surface area contributed by atoms with Crippen LogP contribution in [0.25, 0.3) is 0 Å². The first kappa shape index (κ1) is 12.5. The van der Waals surface area contributed by atoms with Gasteiger partial charge in [0.15, 0.2) is 0 Å². The van der Waals surface area contributed by atoms with Gasteiger partial charge >= 0.3 is 0 Å². The summed E-state index contributed by atoms with van der Waals surface area (Å²) in [7, 11) is 0. The van der Waals surface area contributed by atoms with Gasteiger partial charge in [0.2, 0.25) is 0 Å². The van der Waals surface area contributed by atoms with Crippen molar-refractivity contribution in [1.29, 1.82) is 0 Å². The van der Waals surface area contributed by atoms with Crippen LogP contribution in [-0.2, 0) is 11.3 Å². The molecule has 1 aliphatic rings. The van der Waals surface area contributed by atoms with Crippen molar-refractivity contribution >= 4 is 0 Å². The number of hydrogen-bond donors (Lipinski definition) is 1. The first-order valence-electron chi connectivity index (χ1n) is 6.37. The van der Waals surface area contributed by atoms with Gasteiger partial charge in [-0.1, -0.05) is 12.1 Å². The van der Waals surface area contributed by atoms with Crippen LogP contribution in [0.5, 0.6) is 0 Å². The van der Waals surface area contributed by atoms with E-state index in [2.05, 4.69) is 5.32 Å². The van der Waals surface area contributed by atoms with Crippen LogP contribution in [-0.4, -0.2) is 19.8 Å². The Morgan fingerprint density at radius 2 is 2.24 bits per heavy atom. The maximum atomic E-state index is 12.9. The van der Waals surface area contributed by atoms with Crippen molar-refractivity contribution in [2.45, 2.75) is 25.8 Å². The maximum absolute atomic E-state index is 12.9. The summed E-state index contributed by atoms with van der Waals surface area (Å²) in [6, 6.07) is 6.70. The molecule has 0 aromatic heterocycles. The molecule has 0 saturated heterocycles. The van der Waals surface area contributed by atoms with E-state index in [1.165, 1.54) is 18.9 Å². The van der Waals surface area contributed by atoms with E-state index in [9.17, 15) is 4.39 Å². The molecule has 0 aliphatic heterocycles. The first-order chi connectivity index (χ1) is 8.34. The van der Waals surface area contributed by atoms with Crippen LogP contribution in [0.3, 0.4) is 0 Å². The van der Waals surface area contributed by atoms with Gasteiger partial charge in [0.1, 0.15) is 5.82 Å². The fraction of sp³-hybridized carbons (Fsp3) is 0.571. The normalized spacial score (nSPS) is 15.1. The molecule has 0 atom stereocenters. The van der Waals surface area contributed by atoms with E-state index >= 15 is 0 Å². The highest BCUT2D eigenvalue weighted by Gasteiger charge is 2.20. The summed E-state index contributed by atoms with van der Waals surface area (Å²) in [6.45, 7) is 3.40. The SMILES string of the molecule is Fc1cccc(CNCCCOCC2CC2)c1. The largest absolute Gasteiger partial charge is 0.381 e. The van der Waals surface area contributed by atoms with Crippen LogP contribution >= 0.6 is 0 Å². The lowest BCUT2D eigenvalue weighted by Gasteiger charge is -2.05. The Balaban J connectivity index is 1.47. The molecule has 1 aromatic rings. The summed E-state index contributed by atoms with van der Waals surface area (Å²) in [4.78, 5) is 0. The van der Waals surface area contributed by atoms with E-state index in [-0.39, 0.29) is 5.82 Å². The lowest BCUT2D eigenvalue weighted by atomic mass is 10.2. The monoisotopic (exact) mass is 237 g/mol. The molecule has 3 heteroatoms. The number of hydrogen-bond acceptors (Lipinski definition) is 2. The van der Waals surface area contributed by atoms with Crippen molar-refractivity contribution in [3.8, 4) is 0 Å². The molecule has 0 bridgehead atoms. The van der Waals surface area contributed by atoms with Crippen LogP contribution in [0.4, 0.5) is 4.39 Å². The Labute approximate surface area is 102 Å². The van der Waals surface area contributed by atoms with Crippen LogP contribution in [0.15, 0.2) is 24.3 Å². The number of benzene rings is 1. The quantitative estimate of drug-likeness (QED) is 0.702. The van der Waals surface area contributed by atoms with Gasteiger partial charge in [-0.15, -0.1) is 0 Å². The smallest absolute Gasteiger partial charge is 0.123 e. The minimum Gasteiger partial charge on any atom is -0.381 e. The molecule has 1 aromatic carbocycles. The Bertz CT molecular complexity index is 339. The maximum Gasteiger partial charge on any atom is 0.123 e. The van der Waals surface area contributed by atoms with Crippen LogP contribution in [0.1, 0.15) is 24.8 Å². The molecule has 2 rings (SSSR count). The topological polar surface area (TPSA) is 21.3 Å². The van der Waals surface area contributed by atoms with Gasteiger partial charge in [0.05, 0.1) is 0 Å². The molecule has 0 amide bonds. The second-order valence-electron chi connectivity index (χ2n) is 4.68. The molecule has 0 spiro atoms. The van der Waals surface area contributed by atoms with E-state index in [0.29, 0.717) is 0 Å². The van der Waals surface area contributed by atoms with Crippen molar-refractivity contribution in [3.63, 3.8) is 0 Å². The van der Waals surface area contributed by atoms with E-state index in [0.717, 1.165) is 44.2 Å². The molecule has 94 valence electrons. The average Bonchev–Trinajstić information content (AvgIpc) is 3.12. The Morgan fingerprint density at radius 1 is 1.35 bits per heavy atom. The van der Waals surface area contributed by atoms with Crippen LogP contribution in [0.2, 0.25) is 0 Å². The summed E-state index contributed by atoms with van der Waals surface area (Å²) in [5.74, 6) is 0.673. The van der Waals surface area contributed by atoms with Gasteiger partial charge in [0.25, 0.3) is 0 Å². The number of halogens is 1. The molecule has 1 N–H and O–H groups in total. The highest BCUT2D eigenvalue weighted by molar-refractivity contribution is 5.15. The standard InChI is InChI=1S/C14H20FNO/c15-14-4-1-3-13(9-14)10-16-7-2-8-17-11-12-5-6-12/h1,3-4,9,12,16H,2,5-8,10-11H2. The fourth-order valence-corrected chi connectivity index (χ4v) is 1.71. The average molecular weight is 237 g/mol. The summed E-state index contributed by atoms with van der Waals surface area (Å²) in [5, 5.41) is 3.29. The number of ether oxygens (including phenoxy) is 1. The predicted octanol–water partition coefficient (Wildman–Crippen LogP) is 2.73. The number of rotatable bonds is 8. The van der Waals surface area contributed by atoms with Crippen molar-refractivity contribution < 1.29 is 9.13 Å². The number of nitrogens with one attached hydrogen (secondary N) is 1. The van der Waals surface area contributed by atoms with Crippen LogP contribution in [0, 0.1) is 11.7 Å². The second kappa shape index (κ2) is 6.72. The fourth-order valence-electron chi connectivity index (χ4n) is 1.71. The molecule has 0 radical (unpaired) electrons. The Hall–Kier alpha value is -0.930. The molecule has 1 saturated carbocycles. The van der Waals surface area contributed by atoms with Crippen molar-refractivity contribution in [2.75, 3.05) is 19.8 Å². The second-order valence-corrected chi connectivity index (χ2v) is 4.68. The lowest BCUT2D eigenvalue weighted by Crippen LogP contribution is -2.16. The summed E-state index contributed by atoms with van der Waals surface area (Å²) >= 11 is 0. The third kappa shape index (κ3) is 5.29. The van der Waals surface area contributed by atoms with Crippen molar-refractivity contribution in [3.05, 3.63) is 35.6 Å². The molecular formula is C14H20FNO. The van der Waals surface area contributed by atoms with E-state index < -0.39 is 0 Å². The molecule has 1 aliphatic carbocycles. The van der Waals surface area contributed by atoms with E-state index in [1.807, 2.05) is 6.07 Å². The molecule has 0 unspecified atom stereocenters. The Kier molecular flexibility index (Phi) is 4.95. The van der Waals surface area contributed by atoms with Crippen LogP contribution < -0.4 is 5.32 Å². The predicted molar refractivity (Wildman–Crippen MR) is 66.3 cm³/mol. The van der Waals surface area contributed by atoms with Crippen molar-refractivity contribution in [2.24, 2.45) is 5.92 Å². The molecule has 2 nitrogen and oxygen atoms in total. The minimum absolute atomic E-state index is 0.169. The third-order valence-electron chi connectivity index (χ3n) is 2.91. The van der Waals surface area contributed by atoms with Gasteiger partial charge < -0.3 is 10.1 Å². The molecule has 17 heavy (non-hydrogen) atoms. The first-order valence-corrected chi connectivity index (χ1v) is 6.37. The van der Waals surface area contributed by atoms with E-state index in [4.69, 9.17) is 4.74 Å². The van der Waals surface area contributed by atoms with Gasteiger partial charge in [-0.2, -0.15) is 0 Å². The van der Waals surface area contributed by atoms with Gasteiger partial charge in [-0.25, -0.2) is 4.39 Å². The lowest BCUT2D eigenvalue weighted by molar-refractivity contribution is 0.122. The summed E-state index contributed by atoms with van der Waals surface area (Å²) in [6.07, 6.45) is 3.71. The molecule has 1 fully saturated rings. The van der Waals surface area contributed by atoms with Gasteiger partial charge in [-0.05, 0) is 49.4 Å². The van der Waals surface area contributed by atoms with Gasteiger partial charge in [-0.3, -0.25) is 0 Å². The zero-order chi connectivity index (χ0) is 11.9. The molecular weight excluding hydrogens is 217 g/mol. The summed E-state index contributed by atoms with van der Waals surface area (Å²) in [5.41, 5.74) is 0.990. The zero-order valence-electron chi connectivity index (χ0n) is 10.1.